The second-order valence-electron chi connectivity index (χ2n) is 27.4. The molecule has 9 aromatic rings. The number of benzene rings is 7. The topological polar surface area (TPSA) is 21.3 Å². The molecule has 4 heterocycles. The highest BCUT2D eigenvalue weighted by Crippen LogP contribution is 2.63. The summed E-state index contributed by atoms with van der Waals surface area (Å²) in [7, 11) is 0. The highest BCUT2D eigenvalue weighted by molar-refractivity contribution is 6.90. The number of para-hydroxylation sites is 1. The van der Waals surface area contributed by atoms with E-state index >= 15 is 0 Å². The molecule has 4 heteroatoms. The van der Waals surface area contributed by atoms with E-state index < -0.39 is 0 Å². The lowest BCUT2D eigenvalue weighted by molar-refractivity contribution is -0.00511. The van der Waals surface area contributed by atoms with Gasteiger partial charge in [-0.05, 0) is 233 Å². The first kappa shape index (κ1) is 42.6. The number of rotatable bonds is 4. The van der Waals surface area contributed by atoms with Crippen molar-refractivity contribution in [2.24, 2.45) is 29.6 Å². The Kier molecular flexibility index (Phi) is 8.25. The van der Waals surface area contributed by atoms with Crippen LogP contribution in [0.4, 0.5) is 17.1 Å². The smallest absolute Gasteiger partial charge is 0.333 e. The van der Waals surface area contributed by atoms with Crippen LogP contribution in [0, 0.1) is 36.5 Å². The third-order valence-corrected chi connectivity index (χ3v) is 22.4. The number of hydrogen-bond acceptors (Lipinski definition) is 2. The van der Waals surface area contributed by atoms with Crippen molar-refractivity contribution in [2.45, 2.75) is 153 Å². The van der Waals surface area contributed by atoms with E-state index in [2.05, 4.69) is 160 Å². The summed E-state index contributed by atoms with van der Waals surface area (Å²) < 4.78 is 10.3. The molecule has 0 spiro atoms. The molecule has 2 aromatic heterocycles. The summed E-state index contributed by atoms with van der Waals surface area (Å²) in [6.07, 6.45) is 19.0. The van der Waals surface area contributed by atoms with Crippen LogP contribution >= 0.6 is 0 Å². The van der Waals surface area contributed by atoms with Gasteiger partial charge in [0.15, 0.2) is 0 Å². The minimum atomic E-state index is -0.0545. The van der Waals surface area contributed by atoms with Crippen LogP contribution in [-0.2, 0) is 21.7 Å². The van der Waals surface area contributed by atoms with Crippen molar-refractivity contribution >= 4 is 89.4 Å². The predicted molar refractivity (Wildman–Crippen MR) is 307 cm³/mol. The molecule has 2 atom stereocenters. The molecular weight excluding hydrogens is 884 g/mol. The van der Waals surface area contributed by atoms with Gasteiger partial charge in [0.25, 0.3) is 0 Å². The highest BCUT2D eigenvalue weighted by atomic mass is 16.3. The molecule has 18 rings (SSSR count). The van der Waals surface area contributed by atoms with Crippen LogP contribution in [0.1, 0.15) is 152 Å². The summed E-state index contributed by atoms with van der Waals surface area (Å²) in [4.78, 5) is 2.74. The van der Waals surface area contributed by atoms with Gasteiger partial charge < -0.3 is 13.8 Å². The molecule has 9 aliphatic rings. The Bertz CT molecular complexity index is 3890. The highest BCUT2D eigenvalue weighted by Gasteiger charge is 2.53. The quantitative estimate of drug-likeness (QED) is 0.164. The van der Waals surface area contributed by atoms with Gasteiger partial charge in [-0.25, -0.2) is 0 Å². The molecule has 2 unspecified atom stereocenters. The Morgan fingerprint density at radius 3 is 1.97 bits per heavy atom. The molecule has 73 heavy (non-hydrogen) atoms. The zero-order valence-electron chi connectivity index (χ0n) is 44.1. The third-order valence-electron chi connectivity index (χ3n) is 22.4. The molecule has 6 fully saturated rings. The first-order chi connectivity index (χ1) is 35.4. The van der Waals surface area contributed by atoms with Crippen molar-refractivity contribution < 1.29 is 4.42 Å². The molecule has 7 aromatic carbocycles. The van der Waals surface area contributed by atoms with Crippen LogP contribution in [0.15, 0.2) is 114 Å². The van der Waals surface area contributed by atoms with Crippen molar-refractivity contribution in [3.63, 3.8) is 0 Å². The van der Waals surface area contributed by atoms with Gasteiger partial charge in [0, 0.05) is 60.8 Å². The average molecular weight is 953 g/mol. The van der Waals surface area contributed by atoms with E-state index in [1.165, 1.54) is 189 Å². The molecule has 0 radical (unpaired) electrons. The van der Waals surface area contributed by atoms with Crippen molar-refractivity contribution in [1.29, 1.82) is 0 Å². The molecule has 364 valence electrons. The number of fused-ring (bicyclic) bond motifs is 15. The number of anilines is 3. The molecular formula is C69H69BN2O. The van der Waals surface area contributed by atoms with Crippen LogP contribution in [0.2, 0.25) is 0 Å². The Labute approximate surface area is 431 Å². The maximum Gasteiger partial charge on any atom is 0.333 e. The summed E-state index contributed by atoms with van der Waals surface area (Å²) in [6, 6.07) is 44.5. The molecule has 0 saturated heterocycles. The van der Waals surface area contributed by atoms with Gasteiger partial charge in [0.05, 0.1) is 0 Å². The molecule has 3 nitrogen and oxygen atoms in total. The molecule has 6 saturated carbocycles. The summed E-state index contributed by atoms with van der Waals surface area (Å²) >= 11 is 0. The number of hydrogen-bond donors (Lipinski definition) is 0. The van der Waals surface area contributed by atoms with Crippen molar-refractivity contribution in [3.8, 4) is 11.1 Å². The van der Waals surface area contributed by atoms with Gasteiger partial charge in [-0.2, -0.15) is 0 Å². The van der Waals surface area contributed by atoms with Crippen LogP contribution in [0.5, 0.6) is 0 Å². The fourth-order valence-electron chi connectivity index (χ4n) is 19.2. The summed E-state index contributed by atoms with van der Waals surface area (Å²) in [6.45, 7) is 14.8. The fraction of sp³-hybridized carbons (Fsp3) is 0.420. The van der Waals surface area contributed by atoms with Crippen LogP contribution in [0.25, 0.3) is 65.6 Å². The zero-order chi connectivity index (χ0) is 48.7. The van der Waals surface area contributed by atoms with Crippen LogP contribution < -0.4 is 15.8 Å². The first-order valence-corrected chi connectivity index (χ1v) is 29.0. The summed E-state index contributed by atoms with van der Waals surface area (Å²) in [5.74, 6) is 4.34. The van der Waals surface area contributed by atoms with Gasteiger partial charge in [-0.15, -0.1) is 0 Å². The average Bonchev–Trinajstić information content (AvgIpc) is 4.16. The van der Waals surface area contributed by atoms with Gasteiger partial charge in [-0.3, -0.25) is 0 Å². The first-order valence-electron chi connectivity index (χ1n) is 29.0. The third kappa shape index (κ3) is 5.59. The predicted octanol–water partition coefficient (Wildman–Crippen LogP) is 17.2. The van der Waals surface area contributed by atoms with Gasteiger partial charge in [-0.1, -0.05) is 108 Å². The summed E-state index contributed by atoms with van der Waals surface area (Å²) in [5, 5.41) is 7.98. The van der Waals surface area contributed by atoms with E-state index in [1.807, 2.05) is 0 Å². The normalized spacial score (nSPS) is 28.7. The Balaban J connectivity index is 1.03. The minimum Gasteiger partial charge on any atom is -0.455 e. The van der Waals surface area contributed by atoms with Crippen LogP contribution in [0.3, 0.4) is 0 Å². The SMILES string of the molecule is CCC1(c2ccc3c(c2)c2cc(C45CC6CC(CC(C6)C4)C5)cc4c2n3B2c3cc5ccccc5cc3N(c3cc5c(cc3C)C(C)(C)CCC5(C)C)c3cc5c(oc6ccccc65)c-4c32)CC2CCC(C2)C1. The van der Waals surface area contributed by atoms with Gasteiger partial charge in [0.1, 0.15) is 11.2 Å². The largest absolute Gasteiger partial charge is 0.455 e. The second kappa shape index (κ2) is 14.1. The molecule has 0 N–H and O–H groups in total. The maximum absolute atomic E-state index is 7.40. The molecule has 2 aliphatic heterocycles. The Hall–Kier alpha value is -5.74. The Morgan fingerprint density at radius 2 is 1.25 bits per heavy atom. The number of aryl methyl sites for hydroxylation is 1. The van der Waals surface area contributed by atoms with E-state index in [1.54, 1.807) is 11.1 Å². The van der Waals surface area contributed by atoms with E-state index in [-0.39, 0.29) is 28.5 Å². The maximum atomic E-state index is 7.40. The van der Waals surface area contributed by atoms with E-state index in [4.69, 9.17) is 4.42 Å². The van der Waals surface area contributed by atoms with Crippen molar-refractivity contribution in [3.05, 3.63) is 137 Å². The molecule has 7 aliphatic carbocycles. The van der Waals surface area contributed by atoms with E-state index in [9.17, 15) is 0 Å². The van der Waals surface area contributed by atoms with E-state index in [0.717, 1.165) is 40.8 Å². The zero-order valence-corrected chi connectivity index (χ0v) is 44.1. The van der Waals surface area contributed by atoms with Crippen LogP contribution in [-0.4, -0.2) is 11.3 Å². The van der Waals surface area contributed by atoms with Crippen molar-refractivity contribution in [1.82, 2.24) is 4.48 Å². The van der Waals surface area contributed by atoms with Gasteiger partial charge >= 0.3 is 6.85 Å². The Morgan fingerprint density at radius 1 is 0.589 bits per heavy atom. The standard InChI is InChI=1S/C69H69BN2O/c1-7-68(34-40-16-17-41(23-40)35-68)47-18-19-57-50(29-47)51-30-48(69-36-42-24-43(37-69)26-44(25-42)38-69)31-53-62-63-60(32-52-49-14-10-11-15-61(49)73-65(52)62)71(58-33-55-54(22-39(58)2)66(3,4)20-21-67(55,5)6)59-28-46-13-9-8-12-45(46)27-56(59)70(63)72(57)64(51)53/h8-15,18-19,22,27-33,40-44H,7,16-17,20-21,23-26,34-38H2,1-6H3. The summed E-state index contributed by atoms with van der Waals surface area (Å²) in [5.41, 5.74) is 22.5. The van der Waals surface area contributed by atoms with E-state index in [0.29, 0.717) is 0 Å². The number of nitrogens with zero attached hydrogens (tertiary/aromatic N) is 2. The molecule has 0 amide bonds. The van der Waals surface area contributed by atoms with Gasteiger partial charge in [0.2, 0.25) is 0 Å². The lowest BCUT2D eigenvalue weighted by Gasteiger charge is -2.57. The van der Waals surface area contributed by atoms with Crippen molar-refractivity contribution in [2.75, 3.05) is 4.90 Å². The monoisotopic (exact) mass is 953 g/mol. The second-order valence-corrected chi connectivity index (χ2v) is 27.4. The fourth-order valence-corrected chi connectivity index (χ4v) is 19.2. The lowest BCUT2D eigenvalue weighted by Crippen LogP contribution is -2.56. The molecule has 6 bridgehead atoms. The number of aromatic nitrogens is 1. The lowest BCUT2D eigenvalue weighted by atomic mass is 9.44. The number of furan rings is 1. The minimum absolute atomic E-state index is 0.0545.